The molecule has 168 valence electrons. The first kappa shape index (κ1) is 20.7. The molecule has 1 aromatic carbocycles. The second-order valence-corrected chi connectivity index (χ2v) is 8.65. The van der Waals surface area contributed by atoms with E-state index in [-0.39, 0.29) is 0 Å². The maximum absolute atomic E-state index is 12.8. The van der Waals surface area contributed by atoms with Crippen LogP contribution in [0.3, 0.4) is 0 Å². The molecule has 1 saturated heterocycles. The largest absolute Gasteiger partial charge is 0.497 e. The molecule has 32 heavy (non-hydrogen) atoms. The van der Waals surface area contributed by atoms with Crippen molar-refractivity contribution in [1.82, 2.24) is 29.9 Å². The Kier molecular flexibility index (Phi) is 5.87. The summed E-state index contributed by atoms with van der Waals surface area (Å²) in [6, 6.07) is 7.63. The van der Waals surface area contributed by atoms with Gasteiger partial charge in [-0.15, -0.1) is 5.10 Å². The Morgan fingerprint density at radius 3 is 2.69 bits per heavy atom. The van der Waals surface area contributed by atoms with Gasteiger partial charge in [-0.1, -0.05) is 30.5 Å². The van der Waals surface area contributed by atoms with E-state index < -0.39 is 0 Å². The Morgan fingerprint density at radius 2 is 1.91 bits per heavy atom. The molecular formula is C23H29N7O2. The van der Waals surface area contributed by atoms with Crippen LogP contribution in [0.25, 0.3) is 16.9 Å². The van der Waals surface area contributed by atoms with Crippen LogP contribution in [0.5, 0.6) is 5.75 Å². The Bertz CT molecular complexity index is 1080. The normalized spacial score (nSPS) is 17.7. The molecule has 1 saturated carbocycles. The van der Waals surface area contributed by atoms with Gasteiger partial charge in [-0.3, -0.25) is 4.79 Å². The van der Waals surface area contributed by atoms with Gasteiger partial charge in [-0.05, 0) is 30.9 Å². The van der Waals surface area contributed by atoms with E-state index in [9.17, 15) is 4.79 Å². The number of rotatable bonds is 5. The zero-order chi connectivity index (χ0) is 21.9. The summed E-state index contributed by atoms with van der Waals surface area (Å²) < 4.78 is 7.03. The molecule has 0 spiro atoms. The highest BCUT2D eigenvalue weighted by Gasteiger charge is 2.26. The molecule has 0 radical (unpaired) electrons. The minimum Gasteiger partial charge on any atom is -0.497 e. The number of fused-ring (bicyclic) bond motifs is 1. The molecule has 5 rings (SSSR count). The first-order valence-corrected chi connectivity index (χ1v) is 11.5. The van der Waals surface area contributed by atoms with Gasteiger partial charge in [0.15, 0.2) is 17.0 Å². The van der Waals surface area contributed by atoms with Crippen LogP contribution in [0, 0.1) is 5.92 Å². The molecule has 2 aromatic heterocycles. The quantitative estimate of drug-likeness (QED) is 0.609. The van der Waals surface area contributed by atoms with Crippen LogP contribution < -0.4 is 9.64 Å². The second kappa shape index (κ2) is 9.10. The number of carbonyl (C=O) groups is 1. The lowest BCUT2D eigenvalue weighted by Gasteiger charge is -2.36. The monoisotopic (exact) mass is 435 g/mol. The van der Waals surface area contributed by atoms with Crippen LogP contribution >= 0.6 is 0 Å². The van der Waals surface area contributed by atoms with E-state index in [0.29, 0.717) is 42.5 Å². The fraction of sp³-hybridized carbons (Fsp3) is 0.522. The number of carbonyl (C=O) groups excluding carboxylic acids is 1. The van der Waals surface area contributed by atoms with E-state index in [2.05, 4.69) is 25.2 Å². The van der Waals surface area contributed by atoms with Gasteiger partial charge in [0, 0.05) is 38.7 Å². The molecule has 0 atom stereocenters. The van der Waals surface area contributed by atoms with Gasteiger partial charge in [0.1, 0.15) is 12.1 Å². The molecule has 0 N–H and O–H groups in total. The topological polar surface area (TPSA) is 89.3 Å². The number of amides is 1. The first-order valence-electron chi connectivity index (χ1n) is 11.5. The number of benzene rings is 1. The number of nitrogens with zero attached hydrogens (tertiary/aromatic N) is 7. The highest BCUT2D eigenvalue weighted by Crippen LogP contribution is 2.28. The summed E-state index contributed by atoms with van der Waals surface area (Å²) in [6.45, 7) is 2.88. The SMILES string of the molecule is COc1cccc(-n2nnc3c(N4CCN(C(=O)CC5CCCCC5)CC4)ncnc32)c1. The van der Waals surface area contributed by atoms with E-state index in [1.807, 2.05) is 29.2 Å². The van der Waals surface area contributed by atoms with Gasteiger partial charge in [-0.2, -0.15) is 4.68 Å². The molecule has 1 aliphatic carbocycles. The average Bonchev–Trinajstić information content (AvgIpc) is 3.29. The Morgan fingerprint density at radius 1 is 1.09 bits per heavy atom. The van der Waals surface area contributed by atoms with Crippen molar-refractivity contribution in [2.24, 2.45) is 5.92 Å². The molecule has 3 aromatic rings. The second-order valence-electron chi connectivity index (χ2n) is 8.65. The number of hydrogen-bond donors (Lipinski definition) is 0. The van der Waals surface area contributed by atoms with E-state index in [0.717, 1.165) is 30.3 Å². The van der Waals surface area contributed by atoms with Crippen LogP contribution in [-0.2, 0) is 4.79 Å². The molecular weight excluding hydrogens is 406 g/mol. The van der Waals surface area contributed by atoms with Gasteiger partial charge < -0.3 is 14.5 Å². The highest BCUT2D eigenvalue weighted by atomic mass is 16.5. The zero-order valence-electron chi connectivity index (χ0n) is 18.5. The van der Waals surface area contributed by atoms with Gasteiger partial charge in [0.25, 0.3) is 0 Å². The lowest BCUT2D eigenvalue weighted by Crippen LogP contribution is -2.49. The molecule has 2 fully saturated rings. The van der Waals surface area contributed by atoms with Crippen LogP contribution in [0.15, 0.2) is 30.6 Å². The Balaban J connectivity index is 1.29. The summed E-state index contributed by atoms with van der Waals surface area (Å²) in [4.78, 5) is 25.9. The third-order valence-corrected chi connectivity index (χ3v) is 6.64. The first-order chi connectivity index (χ1) is 15.7. The van der Waals surface area contributed by atoms with E-state index in [1.165, 1.54) is 32.1 Å². The molecule has 2 aliphatic rings. The molecule has 1 amide bonds. The van der Waals surface area contributed by atoms with E-state index in [4.69, 9.17) is 4.74 Å². The van der Waals surface area contributed by atoms with Crippen LogP contribution in [0.2, 0.25) is 0 Å². The third-order valence-electron chi connectivity index (χ3n) is 6.64. The summed E-state index contributed by atoms with van der Waals surface area (Å²) >= 11 is 0. The minimum atomic E-state index is 0.299. The van der Waals surface area contributed by atoms with Crippen molar-refractivity contribution in [3.05, 3.63) is 30.6 Å². The van der Waals surface area contributed by atoms with Crippen LogP contribution in [0.4, 0.5) is 5.82 Å². The molecule has 9 heteroatoms. The van der Waals surface area contributed by atoms with Crippen LogP contribution in [0.1, 0.15) is 38.5 Å². The molecule has 0 unspecified atom stereocenters. The van der Waals surface area contributed by atoms with E-state index >= 15 is 0 Å². The number of hydrogen-bond acceptors (Lipinski definition) is 7. The van der Waals surface area contributed by atoms with Gasteiger partial charge in [0.05, 0.1) is 12.8 Å². The lowest BCUT2D eigenvalue weighted by atomic mass is 9.86. The zero-order valence-corrected chi connectivity index (χ0v) is 18.5. The fourth-order valence-corrected chi connectivity index (χ4v) is 4.82. The number of aromatic nitrogens is 5. The molecule has 9 nitrogen and oxygen atoms in total. The summed E-state index contributed by atoms with van der Waals surface area (Å²) in [5, 5.41) is 8.70. The Labute approximate surface area is 187 Å². The molecule has 3 heterocycles. The van der Waals surface area contributed by atoms with Gasteiger partial charge in [0.2, 0.25) is 5.91 Å². The number of methoxy groups -OCH3 is 1. The van der Waals surface area contributed by atoms with Crippen molar-refractivity contribution in [1.29, 1.82) is 0 Å². The Hall–Kier alpha value is -3.23. The van der Waals surface area contributed by atoms with Crippen LogP contribution in [-0.4, -0.2) is 69.1 Å². The average molecular weight is 436 g/mol. The number of ether oxygens (including phenoxy) is 1. The van der Waals surface area contributed by atoms with Crippen molar-refractivity contribution < 1.29 is 9.53 Å². The maximum Gasteiger partial charge on any atom is 0.222 e. The summed E-state index contributed by atoms with van der Waals surface area (Å²) in [5.74, 6) is 2.38. The van der Waals surface area contributed by atoms with Crippen molar-refractivity contribution in [2.75, 3.05) is 38.2 Å². The maximum atomic E-state index is 12.8. The summed E-state index contributed by atoms with van der Waals surface area (Å²) in [6.07, 6.45) is 8.52. The predicted molar refractivity (Wildman–Crippen MR) is 121 cm³/mol. The number of piperazine rings is 1. The highest BCUT2D eigenvalue weighted by molar-refractivity contribution is 5.84. The number of anilines is 1. The molecule has 1 aliphatic heterocycles. The van der Waals surface area contributed by atoms with Crippen molar-refractivity contribution >= 4 is 22.9 Å². The molecule has 0 bridgehead atoms. The lowest BCUT2D eigenvalue weighted by molar-refractivity contribution is -0.132. The summed E-state index contributed by atoms with van der Waals surface area (Å²) in [5.41, 5.74) is 2.14. The van der Waals surface area contributed by atoms with Crippen molar-refractivity contribution in [3.63, 3.8) is 0 Å². The minimum absolute atomic E-state index is 0.299. The standard InChI is InChI=1S/C23H29N7O2/c1-32-19-9-5-8-18(15-19)30-23-21(26-27-30)22(24-16-25-23)29-12-10-28(11-13-29)20(31)14-17-6-3-2-4-7-17/h5,8-9,15-17H,2-4,6-7,10-14H2,1H3. The smallest absolute Gasteiger partial charge is 0.222 e. The third kappa shape index (κ3) is 4.11. The van der Waals surface area contributed by atoms with E-state index in [1.54, 1.807) is 18.1 Å². The van der Waals surface area contributed by atoms with Crippen molar-refractivity contribution in [2.45, 2.75) is 38.5 Å². The summed E-state index contributed by atoms with van der Waals surface area (Å²) in [7, 11) is 1.64. The van der Waals surface area contributed by atoms with Gasteiger partial charge >= 0.3 is 0 Å². The van der Waals surface area contributed by atoms with Gasteiger partial charge in [-0.25, -0.2) is 9.97 Å². The predicted octanol–water partition coefficient (Wildman–Crippen LogP) is 2.84. The fourth-order valence-electron chi connectivity index (χ4n) is 4.82. The van der Waals surface area contributed by atoms with Crippen molar-refractivity contribution in [3.8, 4) is 11.4 Å².